The van der Waals surface area contributed by atoms with Crippen LogP contribution >= 0.6 is 11.3 Å². The highest BCUT2D eigenvalue weighted by Gasteiger charge is 2.42. The van der Waals surface area contributed by atoms with Gasteiger partial charge in [-0.2, -0.15) is 0 Å². The minimum absolute atomic E-state index is 0.0332. The summed E-state index contributed by atoms with van der Waals surface area (Å²) in [6.45, 7) is 6.58. The Morgan fingerprint density at radius 3 is 2.67 bits per heavy atom. The third-order valence-electron chi connectivity index (χ3n) is 4.07. The molecule has 116 valence electrons. The number of carbonyl (C=O) groups is 2. The van der Waals surface area contributed by atoms with Crippen molar-refractivity contribution in [2.45, 2.75) is 33.2 Å². The van der Waals surface area contributed by atoms with Crippen molar-refractivity contribution in [1.29, 1.82) is 0 Å². The van der Waals surface area contributed by atoms with Crippen LogP contribution in [0.15, 0.2) is 17.5 Å². The molecule has 1 aliphatic rings. The lowest BCUT2D eigenvalue weighted by molar-refractivity contribution is -0.147. The van der Waals surface area contributed by atoms with Crippen molar-refractivity contribution in [3.05, 3.63) is 22.4 Å². The van der Waals surface area contributed by atoms with Crippen LogP contribution in [0.25, 0.3) is 0 Å². The molecule has 1 aliphatic heterocycles. The fourth-order valence-corrected chi connectivity index (χ4v) is 3.52. The average Bonchev–Trinajstić information content (AvgIpc) is 3.05. The normalized spacial score (nSPS) is 23.3. The van der Waals surface area contributed by atoms with Crippen LogP contribution in [0, 0.1) is 11.3 Å². The van der Waals surface area contributed by atoms with Crippen molar-refractivity contribution < 1.29 is 14.7 Å². The molecular weight excluding hydrogens is 288 g/mol. The first-order chi connectivity index (χ1) is 9.83. The van der Waals surface area contributed by atoms with Gasteiger partial charge in [0.25, 0.3) is 0 Å². The quantitative estimate of drug-likeness (QED) is 0.898. The number of aliphatic carboxylic acids is 1. The number of amides is 2. The van der Waals surface area contributed by atoms with Crippen LogP contribution in [0.3, 0.4) is 0 Å². The molecule has 2 rings (SSSR count). The highest BCUT2D eigenvalue weighted by molar-refractivity contribution is 7.10. The lowest BCUT2D eigenvalue weighted by Gasteiger charge is -2.26. The molecule has 2 amide bonds. The highest BCUT2D eigenvalue weighted by atomic mass is 32.1. The Kier molecular flexibility index (Phi) is 4.56. The molecule has 1 saturated heterocycles. The number of carboxylic acid groups (broad SMARTS) is 1. The van der Waals surface area contributed by atoms with E-state index in [1.165, 1.54) is 0 Å². The molecule has 1 aromatic rings. The van der Waals surface area contributed by atoms with E-state index in [0.29, 0.717) is 13.0 Å². The summed E-state index contributed by atoms with van der Waals surface area (Å²) in [6, 6.07) is 3.78. The lowest BCUT2D eigenvalue weighted by Crippen LogP contribution is -2.43. The molecule has 0 aliphatic carbocycles. The number of rotatable bonds is 4. The summed E-state index contributed by atoms with van der Waals surface area (Å²) in [5, 5.41) is 14.3. The topological polar surface area (TPSA) is 69.6 Å². The van der Waals surface area contributed by atoms with Gasteiger partial charge >= 0.3 is 12.0 Å². The summed E-state index contributed by atoms with van der Waals surface area (Å²) in [7, 11) is 0. The van der Waals surface area contributed by atoms with Gasteiger partial charge in [-0.3, -0.25) is 4.79 Å². The van der Waals surface area contributed by atoms with Crippen molar-refractivity contribution in [1.82, 2.24) is 10.2 Å². The number of hydrogen-bond donors (Lipinski definition) is 2. The highest BCUT2D eigenvalue weighted by Crippen LogP contribution is 2.31. The molecule has 0 aromatic carbocycles. The van der Waals surface area contributed by atoms with E-state index in [4.69, 9.17) is 0 Å². The summed E-state index contributed by atoms with van der Waals surface area (Å²) < 4.78 is 0. The van der Waals surface area contributed by atoms with E-state index in [-0.39, 0.29) is 24.5 Å². The van der Waals surface area contributed by atoms with E-state index in [9.17, 15) is 14.7 Å². The third-order valence-corrected chi connectivity index (χ3v) is 5.03. The maximum Gasteiger partial charge on any atom is 0.317 e. The smallest absolute Gasteiger partial charge is 0.317 e. The average molecular weight is 310 g/mol. The second kappa shape index (κ2) is 6.05. The second-order valence-electron chi connectivity index (χ2n) is 6.22. The summed E-state index contributed by atoms with van der Waals surface area (Å²) >= 11 is 1.62. The zero-order valence-corrected chi connectivity index (χ0v) is 13.4. The third kappa shape index (κ3) is 3.37. The maximum absolute atomic E-state index is 12.4. The predicted octanol–water partition coefficient (Wildman–Crippen LogP) is 2.95. The van der Waals surface area contributed by atoms with Crippen LogP contribution in [0.2, 0.25) is 0 Å². The molecular formula is C15H22N2O3S. The Balaban J connectivity index is 2.03. The molecule has 2 heterocycles. The zero-order valence-electron chi connectivity index (χ0n) is 12.6. The van der Waals surface area contributed by atoms with E-state index in [1.54, 1.807) is 23.2 Å². The van der Waals surface area contributed by atoms with E-state index >= 15 is 0 Å². The molecule has 1 fully saturated rings. The van der Waals surface area contributed by atoms with Gasteiger partial charge in [-0.15, -0.1) is 11.3 Å². The summed E-state index contributed by atoms with van der Waals surface area (Å²) in [5.74, 6) is -0.558. The fraction of sp³-hybridized carbons (Fsp3) is 0.600. The van der Waals surface area contributed by atoms with Gasteiger partial charge in [0.15, 0.2) is 0 Å². The second-order valence-corrected chi connectivity index (χ2v) is 7.20. The molecule has 2 N–H and O–H groups in total. The molecule has 2 unspecified atom stereocenters. The number of carbonyl (C=O) groups excluding carboxylic acids is 1. The molecule has 0 bridgehead atoms. The number of urea groups is 1. The first kappa shape index (κ1) is 15.8. The van der Waals surface area contributed by atoms with Crippen LogP contribution in [0.1, 0.15) is 38.1 Å². The van der Waals surface area contributed by atoms with Crippen LogP contribution in [-0.2, 0) is 4.79 Å². The van der Waals surface area contributed by atoms with E-state index in [2.05, 4.69) is 19.2 Å². The van der Waals surface area contributed by atoms with Crippen LogP contribution in [0.4, 0.5) is 4.79 Å². The van der Waals surface area contributed by atoms with Gasteiger partial charge in [0.2, 0.25) is 0 Å². The molecule has 2 atom stereocenters. The van der Waals surface area contributed by atoms with E-state index in [0.717, 1.165) is 4.88 Å². The number of thiophene rings is 1. The molecule has 5 nitrogen and oxygen atoms in total. The molecule has 0 radical (unpaired) electrons. The Morgan fingerprint density at radius 1 is 1.48 bits per heavy atom. The van der Waals surface area contributed by atoms with Gasteiger partial charge in [-0.1, -0.05) is 19.9 Å². The number of hydrogen-bond acceptors (Lipinski definition) is 3. The molecule has 0 saturated carbocycles. The van der Waals surface area contributed by atoms with Gasteiger partial charge in [-0.05, 0) is 30.7 Å². The number of likely N-dealkylation sites (tertiary alicyclic amines) is 1. The minimum Gasteiger partial charge on any atom is -0.481 e. The van der Waals surface area contributed by atoms with Crippen molar-refractivity contribution >= 4 is 23.3 Å². The van der Waals surface area contributed by atoms with Crippen LogP contribution < -0.4 is 5.32 Å². The molecule has 0 spiro atoms. The van der Waals surface area contributed by atoms with E-state index in [1.807, 2.05) is 17.5 Å². The predicted molar refractivity (Wildman–Crippen MR) is 82.4 cm³/mol. The first-order valence-electron chi connectivity index (χ1n) is 7.16. The van der Waals surface area contributed by atoms with Gasteiger partial charge in [-0.25, -0.2) is 4.79 Å². The Bertz CT molecular complexity index is 515. The van der Waals surface area contributed by atoms with Crippen LogP contribution in [0.5, 0.6) is 0 Å². The Morgan fingerprint density at radius 2 is 2.19 bits per heavy atom. The molecule has 21 heavy (non-hydrogen) atoms. The van der Waals surface area contributed by atoms with Crippen molar-refractivity contribution in [3.63, 3.8) is 0 Å². The monoisotopic (exact) mass is 310 g/mol. The lowest BCUT2D eigenvalue weighted by atomic mass is 9.90. The van der Waals surface area contributed by atoms with E-state index < -0.39 is 11.4 Å². The Labute approximate surface area is 129 Å². The van der Waals surface area contributed by atoms with Gasteiger partial charge in [0.05, 0.1) is 11.5 Å². The SMILES string of the molecule is CC(C)C(NC(=O)N1CCC(C)(C(=O)O)C1)c1cccs1. The number of nitrogens with zero attached hydrogens (tertiary/aromatic N) is 1. The summed E-state index contributed by atoms with van der Waals surface area (Å²) in [6.07, 6.45) is 0.501. The minimum atomic E-state index is -0.837. The van der Waals surface area contributed by atoms with Crippen molar-refractivity contribution in [2.75, 3.05) is 13.1 Å². The van der Waals surface area contributed by atoms with Crippen molar-refractivity contribution in [2.24, 2.45) is 11.3 Å². The van der Waals surface area contributed by atoms with Crippen molar-refractivity contribution in [3.8, 4) is 0 Å². The standard InChI is InChI=1S/C15H22N2O3S/c1-10(2)12(11-5-4-8-21-11)16-14(20)17-7-6-15(3,9-17)13(18)19/h4-5,8,10,12H,6-7,9H2,1-3H3,(H,16,20)(H,18,19). The largest absolute Gasteiger partial charge is 0.481 e. The van der Waals surface area contributed by atoms with Gasteiger partial charge < -0.3 is 15.3 Å². The number of carboxylic acids is 1. The van der Waals surface area contributed by atoms with Gasteiger partial charge in [0, 0.05) is 18.0 Å². The molecule has 6 heteroatoms. The Hall–Kier alpha value is -1.56. The van der Waals surface area contributed by atoms with Crippen LogP contribution in [-0.4, -0.2) is 35.1 Å². The zero-order chi connectivity index (χ0) is 15.6. The molecule has 1 aromatic heterocycles. The summed E-state index contributed by atoms with van der Waals surface area (Å²) in [5.41, 5.74) is -0.826. The van der Waals surface area contributed by atoms with Gasteiger partial charge in [0.1, 0.15) is 0 Å². The number of nitrogens with one attached hydrogen (secondary N) is 1. The fourth-order valence-electron chi connectivity index (χ4n) is 2.57. The maximum atomic E-state index is 12.4. The first-order valence-corrected chi connectivity index (χ1v) is 8.04. The summed E-state index contributed by atoms with van der Waals surface area (Å²) in [4.78, 5) is 26.4.